The van der Waals surface area contributed by atoms with Crippen LogP contribution in [0.5, 0.6) is 0 Å². The fourth-order valence-corrected chi connectivity index (χ4v) is 1.28. The highest BCUT2D eigenvalue weighted by atomic mass is 19.1. The van der Waals surface area contributed by atoms with Crippen molar-refractivity contribution in [1.29, 1.82) is 0 Å². The van der Waals surface area contributed by atoms with E-state index in [-0.39, 0.29) is 16.8 Å². The molecule has 0 amide bonds. The number of halogens is 1. The van der Waals surface area contributed by atoms with Crippen molar-refractivity contribution in [3.05, 3.63) is 47.9 Å². The minimum absolute atomic E-state index is 0.0201. The van der Waals surface area contributed by atoms with Crippen molar-refractivity contribution in [3.8, 4) is 11.3 Å². The van der Waals surface area contributed by atoms with Crippen molar-refractivity contribution in [2.75, 3.05) is 0 Å². The average Bonchev–Trinajstić information content (AvgIpc) is 2.30. The summed E-state index contributed by atoms with van der Waals surface area (Å²) < 4.78 is 13.4. The number of hydrogen-bond acceptors (Lipinski definition) is 3. The lowest BCUT2D eigenvalue weighted by atomic mass is 10.1. The van der Waals surface area contributed by atoms with Crippen LogP contribution >= 0.6 is 0 Å². The smallest absolute Gasteiger partial charge is 0.337 e. The van der Waals surface area contributed by atoms with Crippen molar-refractivity contribution in [2.45, 2.75) is 0 Å². The van der Waals surface area contributed by atoms with Crippen molar-refractivity contribution < 1.29 is 14.3 Å². The van der Waals surface area contributed by atoms with Gasteiger partial charge in [0.2, 0.25) is 0 Å². The van der Waals surface area contributed by atoms with Gasteiger partial charge in [-0.1, -0.05) is 12.1 Å². The van der Waals surface area contributed by atoms with Crippen LogP contribution in [-0.2, 0) is 0 Å². The van der Waals surface area contributed by atoms with Crippen molar-refractivity contribution in [3.63, 3.8) is 0 Å². The molecule has 0 atom stereocenters. The third-order valence-corrected chi connectivity index (χ3v) is 2.05. The number of rotatable bonds is 2. The predicted molar refractivity (Wildman–Crippen MR) is 54.4 cm³/mol. The van der Waals surface area contributed by atoms with Gasteiger partial charge in [0.05, 0.1) is 17.5 Å². The molecule has 1 N–H and O–H groups in total. The molecule has 0 aliphatic heterocycles. The Bertz CT molecular complexity index is 543. The molecule has 1 aromatic heterocycles. The maximum Gasteiger partial charge on any atom is 0.337 e. The Balaban J connectivity index is 2.53. The highest BCUT2D eigenvalue weighted by Gasteiger charge is 2.09. The summed E-state index contributed by atoms with van der Waals surface area (Å²) in [7, 11) is 0. The minimum Gasteiger partial charge on any atom is -0.478 e. The van der Waals surface area contributed by atoms with Gasteiger partial charge in [-0.2, -0.15) is 10.2 Å². The van der Waals surface area contributed by atoms with Crippen LogP contribution < -0.4 is 0 Å². The highest BCUT2D eigenvalue weighted by molar-refractivity contribution is 5.88. The van der Waals surface area contributed by atoms with Gasteiger partial charge in [0.1, 0.15) is 5.82 Å². The Hall–Kier alpha value is -2.30. The van der Waals surface area contributed by atoms with Gasteiger partial charge in [-0.05, 0) is 18.2 Å². The number of carboxylic acids is 1. The zero-order valence-corrected chi connectivity index (χ0v) is 8.09. The third kappa shape index (κ3) is 1.88. The fourth-order valence-electron chi connectivity index (χ4n) is 1.28. The highest BCUT2D eigenvalue weighted by Crippen LogP contribution is 2.20. The lowest BCUT2D eigenvalue weighted by molar-refractivity contribution is 0.0696. The van der Waals surface area contributed by atoms with E-state index in [2.05, 4.69) is 10.2 Å². The maximum absolute atomic E-state index is 13.4. The Morgan fingerprint density at radius 1 is 1.31 bits per heavy atom. The fraction of sp³-hybridized carbons (Fsp3) is 0. The van der Waals surface area contributed by atoms with Gasteiger partial charge in [0, 0.05) is 5.56 Å². The summed E-state index contributed by atoms with van der Waals surface area (Å²) in [6, 6.07) is 7.28. The average molecular weight is 218 g/mol. The molecule has 0 unspecified atom stereocenters. The molecule has 2 aromatic rings. The molecule has 80 valence electrons. The molecule has 0 saturated heterocycles. The topological polar surface area (TPSA) is 63.1 Å². The molecule has 0 fully saturated rings. The Morgan fingerprint density at radius 2 is 2.06 bits per heavy atom. The number of carbonyl (C=O) groups is 1. The maximum atomic E-state index is 13.4. The number of nitrogens with zero attached hydrogens (tertiary/aromatic N) is 2. The van der Waals surface area contributed by atoms with E-state index in [1.807, 2.05) is 0 Å². The van der Waals surface area contributed by atoms with Crippen molar-refractivity contribution >= 4 is 5.97 Å². The van der Waals surface area contributed by atoms with Crippen LogP contribution in [0.3, 0.4) is 0 Å². The standard InChI is InChI=1S/C11H7FN2O2/c12-9-4-2-1-3-8(9)10-5-7(11(15)16)6-13-14-10/h1-6H,(H,15,16). The summed E-state index contributed by atoms with van der Waals surface area (Å²) in [6.45, 7) is 0. The van der Waals surface area contributed by atoms with Gasteiger partial charge in [-0.25, -0.2) is 9.18 Å². The molecular formula is C11H7FN2O2. The molecule has 2 rings (SSSR count). The van der Waals surface area contributed by atoms with Crippen molar-refractivity contribution in [1.82, 2.24) is 10.2 Å². The SMILES string of the molecule is O=C(O)c1cnnc(-c2ccccc2F)c1. The summed E-state index contributed by atoms with van der Waals surface area (Å²) in [5, 5.41) is 16.0. The Morgan fingerprint density at radius 3 is 2.75 bits per heavy atom. The summed E-state index contributed by atoms with van der Waals surface area (Å²) in [4.78, 5) is 10.7. The molecule has 16 heavy (non-hydrogen) atoms. The first kappa shape index (κ1) is 10.2. The van der Waals surface area contributed by atoms with Gasteiger partial charge in [-0.3, -0.25) is 0 Å². The van der Waals surface area contributed by atoms with E-state index in [0.717, 1.165) is 6.20 Å². The van der Waals surface area contributed by atoms with Crippen LogP contribution in [0.25, 0.3) is 11.3 Å². The predicted octanol–water partition coefficient (Wildman–Crippen LogP) is 1.98. The molecular weight excluding hydrogens is 211 g/mol. The molecule has 4 nitrogen and oxygen atoms in total. The number of benzene rings is 1. The van der Waals surface area contributed by atoms with Crippen LogP contribution in [-0.4, -0.2) is 21.3 Å². The van der Waals surface area contributed by atoms with Gasteiger partial charge >= 0.3 is 5.97 Å². The second-order valence-corrected chi connectivity index (χ2v) is 3.11. The molecule has 1 heterocycles. The van der Waals surface area contributed by atoms with Gasteiger partial charge < -0.3 is 5.11 Å². The van der Waals surface area contributed by atoms with E-state index < -0.39 is 11.8 Å². The van der Waals surface area contributed by atoms with E-state index in [9.17, 15) is 9.18 Å². The number of carboxylic acid groups (broad SMARTS) is 1. The van der Waals surface area contributed by atoms with Crippen LogP contribution in [0.4, 0.5) is 4.39 Å². The van der Waals surface area contributed by atoms with E-state index in [0.29, 0.717) is 0 Å². The summed E-state index contributed by atoms with van der Waals surface area (Å²) in [5.74, 6) is -1.58. The normalized spacial score (nSPS) is 10.1. The molecule has 0 aliphatic rings. The molecule has 0 spiro atoms. The zero-order valence-electron chi connectivity index (χ0n) is 8.09. The number of aromatic carboxylic acids is 1. The first-order chi connectivity index (χ1) is 7.68. The van der Waals surface area contributed by atoms with Crippen LogP contribution in [0.2, 0.25) is 0 Å². The second-order valence-electron chi connectivity index (χ2n) is 3.11. The largest absolute Gasteiger partial charge is 0.478 e. The second kappa shape index (κ2) is 4.06. The molecule has 0 saturated carbocycles. The minimum atomic E-state index is -1.12. The van der Waals surface area contributed by atoms with E-state index in [4.69, 9.17) is 5.11 Å². The molecule has 0 bridgehead atoms. The quantitative estimate of drug-likeness (QED) is 0.837. The van der Waals surface area contributed by atoms with E-state index >= 15 is 0 Å². The lowest BCUT2D eigenvalue weighted by Gasteiger charge is -2.01. The number of aromatic nitrogens is 2. The first-order valence-corrected chi connectivity index (χ1v) is 4.49. The van der Waals surface area contributed by atoms with Crippen LogP contribution in [0.15, 0.2) is 36.5 Å². The molecule has 0 radical (unpaired) electrons. The molecule has 1 aromatic carbocycles. The lowest BCUT2D eigenvalue weighted by Crippen LogP contribution is -2.00. The zero-order chi connectivity index (χ0) is 11.5. The van der Waals surface area contributed by atoms with Gasteiger partial charge in [0.25, 0.3) is 0 Å². The first-order valence-electron chi connectivity index (χ1n) is 4.49. The summed E-state index contributed by atoms with van der Waals surface area (Å²) >= 11 is 0. The van der Waals surface area contributed by atoms with E-state index in [1.54, 1.807) is 12.1 Å². The Labute approximate surface area is 90.4 Å². The Kier molecular flexibility index (Phi) is 2.59. The monoisotopic (exact) mass is 218 g/mol. The van der Waals surface area contributed by atoms with Crippen molar-refractivity contribution in [2.24, 2.45) is 0 Å². The third-order valence-electron chi connectivity index (χ3n) is 2.05. The molecule has 0 aliphatic carbocycles. The van der Waals surface area contributed by atoms with E-state index in [1.165, 1.54) is 18.2 Å². The number of hydrogen-bond donors (Lipinski definition) is 1. The summed E-state index contributed by atoms with van der Waals surface area (Å²) in [6.07, 6.45) is 1.12. The van der Waals surface area contributed by atoms with Gasteiger partial charge in [0.15, 0.2) is 0 Å². The van der Waals surface area contributed by atoms with Crippen LogP contribution in [0.1, 0.15) is 10.4 Å². The van der Waals surface area contributed by atoms with Gasteiger partial charge in [-0.15, -0.1) is 0 Å². The summed E-state index contributed by atoms with van der Waals surface area (Å²) in [5.41, 5.74) is 0.421. The molecule has 5 heteroatoms. The van der Waals surface area contributed by atoms with Crippen LogP contribution in [0, 0.1) is 5.82 Å².